The summed E-state index contributed by atoms with van der Waals surface area (Å²) in [5, 5.41) is 10.6. The molecule has 0 aromatic rings. The Kier molecular flexibility index (Phi) is 70.6. The predicted octanol–water partition coefficient (Wildman–Crippen LogP) is 23.6. The minimum absolute atomic E-state index is 0.108. The van der Waals surface area contributed by atoms with E-state index in [1.54, 1.807) is 0 Å². The van der Waals surface area contributed by atoms with Crippen LogP contribution in [-0.2, 0) is 65.4 Å². The lowest BCUT2D eigenvalue weighted by atomic mass is 9.99. The van der Waals surface area contributed by atoms with E-state index in [0.717, 1.165) is 95.8 Å². The van der Waals surface area contributed by atoms with Crippen LogP contribution in [0.4, 0.5) is 0 Å². The average molecular weight is 1440 g/mol. The van der Waals surface area contributed by atoms with Crippen molar-refractivity contribution in [1.82, 2.24) is 0 Å². The summed E-state index contributed by atoms with van der Waals surface area (Å²) in [5.41, 5.74) is 0. The zero-order valence-electron chi connectivity index (χ0n) is 63.9. The summed E-state index contributed by atoms with van der Waals surface area (Å²) >= 11 is 0. The molecule has 17 nitrogen and oxygen atoms in total. The Bertz CT molecular complexity index is 1880. The molecule has 0 spiro atoms. The fourth-order valence-electron chi connectivity index (χ4n) is 12.2. The van der Waals surface area contributed by atoms with Crippen molar-refractivity contribution in [2.75, 3.05) is 39.6 Å². The van der Waals surface area contributed by atoms with E-state index in [1.807, 2.05) is 0 Å². The van der Waals surface area contributed by atoms with E-state index in [9.17, 15) is 43.2 Å². The van der Waals surface area contributed by atoms with E-state index in [4.69, 9.17) is 37.0 Å². The quantitative estimate of drug-likeness (QED) is 0.0222. The Morgan fingerprint density at radius 1 is 0.286 bits per heavy atom. The normalized spacial score (nSPS) is 14.2. The van der Waals surface area contributed by atoms with Crippen molar-refractivity contribution in [2.45, 2.75) is 438 Å². The van der Waals surface area contributed by atoms with Crippen LogP contribution in [0.5, 0.6) is 0 Å². The number of aliphatic hydroxyl groups excluding tert-OH is 1. The van der Waals surface area contributed by atoms with Crippen molar-refractivity contribution in [3.05, 3.63) is 0 Å². The largest absolute Gasteiger partial charge is 0.472 e. The zero-order chi connectivity index (χ0) is 71.9. The third kappa shape index (κ3) is 71.1. The lowest BCUT2D eigenvalue weighted by Crippen LogP contribution is -2.30. The third-order valence-corrected chi connectivity index (χ3v) is 20.8. The van der Waals surface area contributed by atoms with E-state index >= 15 is 0 Å². The Balaban J connectivity index is 5.26. The first-order chi connectivity index (χ1) is 47.6. The van der Waals surface area contributed by atoms with Gasteiger partial charge < -0.3 is 33.8 Å². The summed E-state index contributed by atoms with van der Waals surface area (Å²) in [6.45, 7) is 7.33. The van der Waals surface area contributed by atoms with Crippen molar-refractivity contribution in [2.24, 2.45) is 5.92 Å². The van der Waals surface area contributed by atoms with E-state index in [1.165, 1.54) is 244 Å². The minimum Gasteiger partial charge on any atom is -0.462 e. The molecule has 582 valence electrons. The van der Waals surface area contributed by atoms with Crippen LogP contribution in [0.2, 0.25) is 0 Å². The number of phosphoric acid groups is 2. The van der Waals surface area contributed by atoms with Gasteiger partial charge in [-0.15, -0.1) is 0 Å². The van der Waals surface area contributed by atoms with Gasteiger partial charge in [0.1, 0.15) is 19.3 Å². The summed E-state index contributed by atoms with van der Waals surface area (Å²) in [6.07, 6.45) is 62.2. The second-order valence-corrected chi connectivity index (χ2v) is 31.6. The third-order valence-electron chi connectivity index (χ3n) is 18.9. The number of aliphatic hydroxyl groups is 1. The molecule has 0 rings (SSSR count). The highest BCUT2D eigenvalue weighted by molar-refractivity contribution is 7.47. The summed E-state index contributed by atoms with van der Waals surface area (Å²) < 4.78 is 68.7. The van der Waals surface area contributed by atoms with Crippen molar-refractivity contribution < 1.29 is 80.2 Å². The predicted molar refractivity (Wildman–Crippen MR) is 400 cm³/mol. The van der Waals surface area contributed by atoms with E-state index in [0.29, 0.717) is 25.7 Å². The number of hydrogen-bond acceptors (Lipinski definition) is 15. The number of carbonyl (C=O) groups excluding carboxylic acids is 4. The van der Waals surface area contributed by atoms with Gasteiger partial charge in [-0.3, -0.25) is 37.3 Å². The second kappa shape index (κ2) is 72.0. The number of phosphoric ester groups is 2. The van der Waals surface area contributed by atoms with Gasteiger partial charge in [-0.25, -0.2) is 9.13 Å². The highest BCUT2D eigenvalue weighted by Gasteiger charge is 2.30. The van der Waals surface area contributed by atoms with Crippen molar-refractivity contribution in [1.29, 1.82) is 0 Å². The maximum Gasteiger partial charge on any atom is 0.472 e. The zero-order valence-corrected chi connectivity index (χ0v) is 65.7. The van der Waals surface area contributed by atoms with Gasteiger partial charge in [-0.2, -0.15) is 0 Å². The molecule has 0 aromatic carbocycles. The monoisotopic (exact) mass is 1440 g/mol. The molecule has 3 N–H and O–H groups in total. The highest BCUT2D eigenvalue weighted by Crippen LogP contribution is 2.45. The van der Waals surface area contributed by atoms with Crippen LogP contribution < -0.4 is 0 Å². The topological polar surface area (TPSA) is 237 Å². The van der Waals surface area contributed by atoms with Crippen molar-refractivity contribution in [3.8, 4) is 0 Å². The molecule has 98 heavy (non-hydrogen) atoms. The molecule has 0 aromatic heterocycles. The minimum atomic E-state index is -4.96. The van der Waals surface area contributed by atoms with Crippen molar-refractivity contribution >= 4 is 39.5 Å². The number of ether oxygens (including phenoxy) is 4. The van der Waals surface area contributed by atoms with Crippen molar-refractivity contribution in [3.63, 3.8) is 0 Å². The summed E-state index contributed by atoms with van der Waals surface area (Å²) in [5.74, 6) is -1.33. The first-order valence-electron chi connectivity index (χ1n) is 41.2. The standard InChI is InChI=1S/C79H154O17P2/c1-6-10-13-16-19-22-25-28-30-31-32-34-37-40-43-50-55-60-65-79(84)95-74(68-89-76(81)62-57-52-47-41-38-36-33-29-26-23-20-17-14-11-7-2)70-93-97(85,86)91-66-73(80)67-92-98(87,88)94-71-75(69-90-77(82)63-58-53-48-45-44-46-51-56-61-72(5)9-4)96-78(83)64-59-54-49-42-39-35-27-24-21-18-15-12-8-3/h72-75,80H,6-71H2,1-5H3,(H,85,86)(H,87,88)/t72?,73-,74-,75-/m1/s1. The van der Waals surface area contributed by atoms with Gasteiger partial charge in [0, 0.05) is 25.7 Å². The first kappa shape index (κ1) is 96.1. The summed E-state index contributed by atoms with van der Waals surface area (Å²) in [6, 6.07) is 0. The molecule has 19 heteroatoms. The maximum atomic E-state index is 13.1. The number of esters is 4. The molecule has 0 aliphatic heterocycles. The molecule has 0 bridgehead atoms. The van der Waals surface area contributed by atoms with Gasteiger partial charge in [0.15, 0.2) is 12.2 Å². The van der Waals surface area contributed by atoms with Gasteiger partial charge >= 0.3 is 39.5 Å². The number of hydrogen-bond donors (Lipinski definition) is 3. The molecule has 0 saturated heterocycles. The molecular formula is C79H154O17P2. The van der Waals surface area contributed by atoms with Crippen LogP contribution in [0.15, 0.2) is 0 Å². The maximum absolute atomic E-state index is 13.1. The fraction of sp³-hybridized carbons (Fsp3) is 0.949. The average Bonchev–Trinajstić information content (AvgIpc) is 1.33. The van der Waals surface area contributed by atoms with Crippen LogP contribution in [0.3, 0.4) is 0 Å². The molecule has 6 atom stereocenters. The molecule has 0 radical (unpaired) electrons. The van der Waals surface area contributed by atoms with Crippen LogP contribution in [0, 0.1) is 5.92 Å². The number of rotatable bonds is 79. The van der Waals surface area contributed by atoms with Gasteiger partial charge in [-0.1, -0.05) is 369 Å². The highest BCUT2D eigenvalue weighted by atomic mass is 31.2. The van der Waals surface area contributed by atoms with E-state index < -0.39 is 97.5 Å². The van der Waals surface area contributed by atoms with Gasteiger partial charge in [0.05, 0.1) is 26.4 Å². The smallest absolute Gasteiger partial charge is 0.462 e. The van der Waals surface area contributed by atoms with Crippen LogP contribution in [0.1, 0.15) is 420 Å². The van der Waals surface area contributed by atoms with Gasteiger partial charge in [0.2, 0.25) is 0 Å². The Labute approximate surface area is 600 Å². The Hall–Kier alpha value is -1.94. The number of carbonyl (C=O) groups is 4. The Morgan fingerprint density at radius 3 is 0.724 bits per heavy atom. The van der Waals surface area contributed by atoms with Crippen LogP contribution >= 0.6 is 15.6 Å². The van der Waals surface area contributed by atoms with E-state index in [2.05, 4.69) is 34.6 Å². The van der Waals surface area contributed by atoms with Crippen LogP contribution in [-0.4, -0.2) is 96.7 Å². The number of unbranched alkanes of at least 4 members (excludes halogenated alkanes) is 50. The summed E-state index contributed by atoms with van der Waals surface area (Å²) in [4.78, 5) is 73.0. The SMILES string of the molecule is CCCCCCCCCCCCCCCCCCCCC(=O)O[C@H](COC(=O)CCCCCCCCCCCCCCCCC)COP(=O)(O)OC[C@@H](O)COP(=O)(O)OC[C@@H](COC(=O)CCCCCCCCCCC(C)CC)OC(=O)CCCCCCCCCCCCCCC. The second-order valence-electron chi connectivity index (χ2n) is 28.7. The lowest BCUT2D eigenvalue weighted by molar-refractivity contribution is -0.161. The molecule has 0 aliphatic carbocycles. The summed E-state index contributed by atoms with van der Waals surface area (Å²) in [7, 11) is -9.92. The molecule has 0 heterocycles. The van der Waals surface area contributed by atoms with E-state index in [-0.39, 0.29) is 25.7 Å². The Morgan fingerprint density at radius 2 is 0.490 bits per heavy atom. The van der Waals surface area contributed by atoms with Crippen LogP contribution in [0.25, 0.3) is 0 Å². The van der Waals surface area contributed by atoms with Gasteiger partial charge in [-0.05, 0) is 31.6 Å². The lowest BCUT2D eigenvalue weighted by Gasteiger charge is -2.21. The molecule has 0 aliphatic rings. The first-order valence-corrected chi connectivity index (χ1v) is 44.2. The molecule has 0 amide bonds. The fourth-order valence-corrected chi connectivity index (χ4v) is 13.8. The molecule has 0 saturated carbocycles. The molecule has 3 unspecified atom stereocenters. The molecule has 0 fully saturated rings. The molecular weight excluding hydrogens is 1280 g/mol. The van der Waals surface area contributed by atoms with Gasteiger partial charge in [0.25, 0.3) is 0 Å².